The fourth-order valence-corrected chi connectivity index (χ4v) is 1.89. The van der Waals surface area contributed by atoms with E-state index in [-0.39, 0.29) is 11.9 Å². The summed E-state index contributed by atoms with van der Waals surface area (Å²) in [5.41, 5.74) is 1.81. The third-order valence-electron chi connectivity index (χ3n) is 3.06. The molecule has 112 valence electrons. The second-order valence-electron chi connectivity index (χ2n) is 5.51. The minimum atomic E-state index is -0.294. The number of hydrogen-bond acceptors (Lipinski definition) is 3. The van der Waals surface area contributed by atoms with Crippen LogP contribution in [0.4, 0.5) is 5.69 Å². The number of anilines is 1. The summed E-state index contributed by atoms with van der Waals surface area (Å²) in [4.78, 5) is 11.9. The number of nitrogens with one attached hydrogen (secondary N) is 2. The summed E-state index contributed by atoms with van der Waals surface area (Å²) >= 11 is 0. The molecule has 0 unspecified atom stereocenters. The predicted octanol–water partition coefficient (Wildman–Crippen LogP) is 2.44. The Morgan fingerprint density at radius 2 is 1.95 bits per heavy atom. The zero-order chi connectivity index (χ0) is 15.2. The Bertz CT molecular complexity index is 577. The van der Waals surface area contributed by atoms with E-state index in [1.54, 1.807) is 10.9 Å². The number of para-hydroxylation sites is 1. The lowest BCUT2D eigenvalue weighted by Gasteiger charge is -2.14. The van der Waals surface area contributed by atoms with Crippen molar-refractivity contribution in [3.05, 3.63) is 42.7 Å². The molecule has 5 heteroatoms. The van der Waals surface area contributed by atoms with E-state index >= 15 is 0 Å². The second-order valence-corrected chi connectivity index (χ2v) is 5.51. The van der Waals surface area contributed by atoms with Gasteiger partial charge in [0.2, 0.25) is 5.91 Å². The minimum Gasteiger partial charge on any atom is -0.371 e. The van der Waals surface area contributed by atoms with Crippen molar-refractivity contribution in [1.82, 2.24) is 15.1 Å². The summed E-state index contributed by atoms with van der Waals surface area (Å²) in [6.07, 6.45) is 3.60. The average Bonchev–Trinajstić information content (AvgIpc) is 2.94. The molecule has 0 radical (unpaired) electrons. The maximum absolute atomic E-state index is 11.9. The molecule has 2 rings (SSSR count). The van der Waals surface area contributed by atoms with Crippen LogP contribution in [0.25, 0.3) is 5.69 Å². The standard InChI is InChI=1S/C16H22N4O/c1-12(2)9-17-16(21)13(3)19-14-10-18-20(11-14)15-7-5-4-6-8-15/h4-8,10-13,19H,9H2,1-3H3,(H,17,21)/t13-/m1/s1. The van der Waals surface area contributed by atoms with Gasteiger partial charge in [0.15, 0.2) is 0 Å². The molecule has 0 aliphatic heterocycles. The van der Waals surface area contributed by atoms with Gasteiger partial charge in [-0.15, -0.1) is 0 Å². The fourth-order valence-electron chi connectivity index (χ4n) is 1.89. The molecule has 2 N–H and O–H groups in total. The van der Waals surface area contributed by atoms with Gasteiger partial charge < -0.3 is 10.6 Å². The molecule has 0 saturated heterocycles. The topological polar surface area (TPSA) is 59.0 Å². The summed E-state index contributed by atoms with van der Waals surface area (Å²) < 4.78 is 1.78. The molecule has 0 saturated carbocycles. The van der Waals surface area contributed by atoms with Gasteiger partial charge in [-0.2, -0.15) is 5.10 Å². The summed E-state index contributed by atoms with van der Waals surface area (Å²) in [6.45, 7) is 6.67. The largest absolute Gasteiger partial charge is 0.371 e. The Morgan fingerprint density at radius 3 is 2.62 bits per heavy atom. The van der Waals surface area contributed by atoms with Gasteiger partial charge >= 0.3 is 0 Å². The Labute approximate surface area is 125 Å². The smallest absolute Gasteiger partial charge is 0.242 e. The molecule has 1 amide bonds. The molecule has 2 aromatic rings. The van der Waals surface area contributed by atoms with Crippen molar-refractivity contribution in [2.45, 2.75) is 26.8 Å². The van der Waals surface area contributed by atoms with Crippen molar-refractivity contribution < 1.29 is 4.79 Å². The third-order valence-corrected chi connectivity index (χ3v) is 3.06. The maximum atomic E-state index is 11.9. The average molecular weight is 286 g/mol. The molecule has 0 spiro atoms. The summed E-state index contributed by atoms with van der Waals surface area (Å²) in [5, 5.41) is 10.4. The van der Waals surface area contributed by atoms with Crippen LogP contribution in [0.1, 0.15) is 20.8 Å². The highest BCUT2D eigenvalue weighted by atomic mass is 16.2. The van der Waals surface area contributed by atoms with Crippen LogP contribution in [0.2, 0.25) is 0 Å². The quantitative estimate of drug-likeness (QED) is 0.857. The van der Waals surface area contributed by atoms with Gasteiger partial charge in [-0.25, -0.2) is 4.68 Å². The number of rotatable bonds is 6. The molecular formula is C16H22N4O. The summed E-state index contributed by atoms with van der Waals surface area (Å²) in [7, 11) is 0. The lowest BCUT2D eigenvalue weighted by molar-refractivity contribution is -0.121. The fraction of sp³-hybridized carbons (Fsp3) is 0.375. The van der Waals surface area contributed by atoms with Gasteiger partial charge in [-0.1, -0.05) is 32.0 Å². The van der Waals surface area contributed by atoms with Crippen molar-refractivity contribution in [2.24, 2.45) is 5.92 Å². The lowest BCUT2D eigenvalue weighted by atomic mass is 10.2. The normalized spacial score (nSPS) is 12.2. The predicted molar refractivity (Wildman–Crippen MR) is 84.5 cm³/mol. The molecule has 0 fully saturated rings. The van der Waals surface area contributed by atoms with E-state index in [0.29, 0.717) is 12.5 Å². The summed E-state index contributed by atoms with van der Waals surface area (Å²) in [6, 6.07) is 9.56. The molecular weight excluding hydrogens is 264 g/mol. The van der Waals surface area contributed by atoms with E-state index in [1.807, 2.05) is 43.5 Å². The van der Waals surface area contributed by atoms with Crippen LogP contribution in [0, 0.1) is 5.92 Å². The first kappa shape index (κ1) is 15.1. The lowest BCUT2D eigenvalue weighted by Crippen LogP contribution is -2.39. The van der Waals surface area contributed by atoms with Crippen LogP contribution in [-0.4, -0.2) is 28.3 Å². The zero-order valence-electron chi connectivity index (χ0n) is 12.7. The van der Waals surface area contributed by atoms with Gasteiger partial charge in [0.25, 0.3) is 0 Å². The SMILES string of the molecule is CC(C)CNC(=O)[C@@H](C)Nc1cnn(-c2ccccc2)c1. The zero-order valence-corrected chi connectivity index (χ0v) is 12.7. The van der Waals surface area contributed by atoms with Crippen molar-refractivity contribution in [3.63, 3.8) is 0 Å². The number of benzene rings is 1. The van der Waals surface area contributed by atoms with E-state index in [1.165, 1.54) is 0 Å². The number of nitrogens with zero attached hydrogens (tertiary/aromatic N) is 2. The Hall–Kier alpha value is -2.30. The molecule has 1 aromatic heterocycles. The minimum absolute atomic E-state index is 0.00355. The Balaban J connectivity index is 1.95. The Kier molecular flexibility index (Phi) is 4.98. The van der Waals surface area contributed by atoms with Crippen LogP contribution in [-0.2, 0) is 4.79 Å². The van der Waals surface area contributed by atoms with Gasteiger partial charge in [-0.05, 0) is 25.0 Å². The highest BCUT2D eigenvalue weighted by Gasteiger charge is 2.13. The van der Waals surface area contributed by atoms with E-state index in [0.717, 1.165) is 11.4 Å². The monoisotopic (exact) mass is 286 g/mol. The third kappa shape index (κ3) is 4.34. The van der Waals surface area contributed by atoms with Crippen LogP contribution in [0.15, 0.2) is 42.7 Å². The molecule has 0 aliphatic carbocycles. The first-order chi connectivity index (χ1) is 10.1. The molecule has 21 heavy (non-hydrogen) atoms. The highest BCUT2D eigenvalue weighted by molar-refractivity contribution is 5.84. The van der Waals surface area contributed by atoms with Crippen molar-refractivity contribution in [2.75, 3.05) is 11.9 Å². The van der Waals surface area contributed by atoms with E-state index < -0.39 is 0 Å². The molecule has 1 atom stereocenters. The second kappa shape index (κ2) is 6.92. The van der Waals surface area contributed by atoms with E-state index in [4.69, 9.17) is 0 Å². The Morgan fingerprint density at radius 1 is 1.24 bits per heavy atom. The van der Waals surface area contributed by atoms with Crippen molar-refractivity contribution in [1.29, 1.82) is 0 Å². The first-order valence-electron chi connectivity index (χ1n) is 7.20. The van der Waals surface area contributed by atoms with Crippen molar-refractivity contribution in [3.8, 4) is 5.69 Å². The van der Waals surface area contributed by atoms with Crippen LogP contribution in [0.5, 0.6) is 0 Å². The number of aromatic nitrogens is 2. The van der Waals surface area contributed by atoms with Crippen LogP contribution < -0.4 is 10.6 Å². The van der Waals surface area contributed by atoms with E-state index in [2.05, 4.69) is 29.6 Å². The maximum Gasteiger partial charge on any atom is 0.242 e. The number of amides is 1. The van der Waals surface area contributed by atoms with Crippen LogP contribution >= 0.6 is 0 Å². The number of carbonyl (C=O) groups excluding carboxylic acids is 1. The van der Waals surface area contributed by atoms with Gasteiger partial charge in [0.1, 0.15) is 6.04 Å². The molecule has 1 aromatic carbocycles. The van der Waals surface area contributed by atoms with E-state index in [9.17, 15) is 4.79 Å². The molecule has 1 heterocycles. The van der Waals surface area contributed by atoms with Gasteiger partial charge in [0, 0.05) is 6.54 Å². The highest BCUT2D eigenvalue weighted by Crippen LogP contribution is 2.12. The molecule has 5 nitrogen and oxygen atoms in total. The summed E-state index contributed by atoms with van der Waals surface area (Å²) in [5.74, 6) is 0.443. The molecule has 0 bridgehead atoms. The number of carbonyl (C=O) groups is 1. The number of hydrogen-bond donors (Lipinski definition) is 2. The first-order valence-corrected chi connectivity index (χ1v) is 7.20. The van der Waals surface area contributed by atoms with Crippen LogP contribution in [0.3, 0.4) is 0 Å². The van der Waals surface area contributed by atoms with Gasteiger partial charge in [0.05, 0.1) is 23.8 Å². The van der Waals surface area contributed by atoms with Gasteiger partial charge in [-0.3, -0.25) is 4.79 Å². The molecule has 0 aliphatic rings. The van der Waals surface area contributed by atoms with Crippen molar-refractivity contribution >= 4 is 11.6 Å².